The third kappa shape index (κ3) is 5.77. The summed E-state index contributed by atoms with van der Waals surface area (Å²) in [7, 11) is 1.26. The first-order valence-electron chi connectivity index (χ1n) is 12.4. The molecular weight excluding hydrogens is 593 g/mol. The van der Waals surface area contributed by atoms with E-state index >= 15 is 0 Å². The molecule has 10 heteroatoms. The summed E-state index contributed by atoms with van der Waals surface area (Å²) in [5, 5.41) is 0.0670. The molecule has 2 amide bonds. The number of benzene rings is 1. The number of alkyl halides is 1. The Hall–Kier alpha value is -1.21. The number of hydrogen-bond acceptors (Lipinski definition) is 7. The second-order valence-electron chi connectivity index (χ2n) is 11.1. The van der Waals surface area contributed by atoms with Crippen molar-refractivity contribution < 1.29 is 33.0 Å². The van der Waals surface area contributed by atoms with E-state index in [-0.39, 0.29) is 15.6 Å². The van der Waals surface area contributed by atoms with Crippen LogP contribution in [0.2, 0.25) is 18.1 Å². The number of methoxy groups -OCH3 is 2. The number of ether oxygens (including phenoxy) is 4. The van der Waals surface area contributed by atoms with Crippen LogP contribution in [-0.2, 0) is 30.0 Å². The molecule has 3 atom stereocenters. The summed E-state index contributed by atoms with van der Waals surface area (Å²) in [5.74, 6) is -0.773. The van der Waals surface area contributed by atoms with Crippen molar-refractivity contribution in [3.05, 3.63) is 35.9 Å². The van der Waals surface area contributed by atoms with E-state index in [1.165, 1.54) is 4.90 Å². The summed E-state index contributed by atoms with van der Waals surface area (Å²) in [6.07, 6.45) is 0.0897. The van der Waals surface area contributed by atoms with Crippen molar-refractivity contribution in [2.24, 2.45) is 0 Å². The molecule has 0 radical (unpaired) electrons. The Morgan fingerprint density at radius 2 is 1.81 bits per heavy atom. The molecule has 0 aromatic heterocycles. The van der Waals surface area contributed by atoms with E-state index in [0.29, 0.717) is 32.3 Å². The molecule has 36 heavy (non-hydrogen) atoms. The van der Waals surface area contributed by atoms with Gasteiger partial charge in [-0.05, 0) is 30.1 Å². The van der Waals surface area contributed by atoms with Crippen molar-refractivity contribution in [3.63, 3.8) is 0 Å². The van der Waals surface area contributed by atoms with Crippen LogP contribution in [-0.4, -0.2) is 67.6 Å². The van der Waals surface area contributed by atoms with E-state index in [1.807, 2.05) is 30.3 Å². The normalized spacial score (nSPS) is 26.2. The molecule has 0 N–H and O–H groups in total. The van der Waals surface area contributed by atoms with Gasteiger partial charge in [0, 0.05) is 44.0 Å². The highest BCUT2D eigenvalue weighted by Crippen LogP contribution is 2.51. The molecule has 3 rings (SSSR count). The molecule has 1 aromatic rings. The fourth-order valence-electron chi connectivity index (χ4n) is 4.73. The highest BCUT2D eigenvalue weighted by atomic mass is 127. The van der Waals surface area contributed by atoms with Crippen LogP contribution in [0.5, 0.6) is 0 Å². The molecule has 2 fully saturated rings. The predicted molar refractivity (Wildman–Crippen MR) is 148 cm³/mol. The number of cyclic esters (lactones) is 1. The predicted octanol–water partition coefficient (Wildman–Crippen LogP) is 6.27. The third-order valence-electron chi connectivity index (χ3n) is 8.12. The van der Waals surface area contributed by atoms with Crippen molar-refractivity contribution >= 4 is 43.1 Å². The van der Waals surface area contributed by atoms with Crippen molar-refractivity contribution in [1.82, 2.24) is 4.90 Å². The van der Waals surface area contributed by atoms with Crippen LogP contribution in [0.3, 0.4) is 0 Å². The zero-order valence-electron chi connectivity index (χ0n) is 22.5. The first-order chi connectivity index (χ1) is 16.8. The van der Waals surface area contributed by atoms with Gasteiger partial charge in [-0.1, -0.05) is 73.7 Å². The standard InChI is InChI=1S/C26H40INO7Si/c1-24(2,3)36(6,7)34-16-13-21-26(15-14-25(31-4,32-5)17-20(26)27)28(23(30)35-21)22(29)33-18-19-11-9-8-10-12-19/h8-12,20-21H,13-18H2,1-7H3/t20-,21+,26-/m0/s1. The monoisotopic (exact) mass is 633 g/mol. The van der Waals surface area contributed by atoms with Crippen LogP contribution in [0.25, 0.3) is 0 Å². The minimum Gasteiger partial charge on any atom is -0.444 e. The Labute approximate surface area is 229 Å². The van der Waals surface area contributed by atoms with Gasteiger partial charge < -0.3 is 23.4 Å². The van der Waals surface area contributed by atoms with Crippen LogP contribution < -0.4 is 0 Å². The number of hydrogen-bond donors (Lipinski definition) is 0. The molecule has 0 bridgehead atoms. The largest absolute Gasteiger partial charge is 0.444 e. The number of rotatable bonds is 8. The van der Waals surface area contributed by atoms with E-state index in [0.717, 1.165) is 5.56 Å². The second-order valence-corrected chi connectivity index (χ2v) is 17.4. The molecule has 1 aromatic carbocycles. The summed E-state index contributed by atoms with van der Waals surface area (Å²) in [6, 6.07) is 9.41. The maximum absolute atomic E-state index is 13.4. The highest BCUT2D eigenvalue weighted by Gasteiger charge is 2.65. The van der Waals surface area contributed by atoms with Crippen LogP contribution in [0.15, 0.2) is 30.3 Å². The summed E-state index contributed by atoms with van der Waals surface area (Å²) in [5.41, 5.74) is -0.0396. The lowest BCUT2D eigenvalue weighted by molar-refractivity contribution is -0.232. The summed E-state index contributed by atoms with van der Waals surface area (Å²) in [4.78, 5) is 27.8. The van der Waals surface area contributed by atoms with E-state index in [2.05, 4.69) is 56.5 Å². The maximum atomic E-state index is 13.4. The zero-order valence-corrected chi connectivity index (χ0v) is 25.6. The molecule has 0 unspecified atom stereocenters. The smallest absolute Gasteiger partial charge is 0.420 e. The quantitative estimate of drug-likeness (QED) is 0.144. The molecule has 1 aliphatic heterocycles. The number of imide groups is 1. The summed E-state index contributed by atoms with van der Waals surface area (Å²) >= 11 is 2.30. The van der Waals surface area contributed by atoms with Gasteiger partial charge in [-0.2, -0.15) is 0 Å². The lowest BCUT2D eigenvalue weighted by Crippen LogP contribution is -2.64. The third-order valence-corrected chi connectivity index (χ3v) is 14.2. The molecular formula is C26H40INO7Si. The van der Waals surface area contributed by atoms with Crippen LogP contribution in [0.1, 0.15) is 52.0 Å². The number of halogens is 1. The molecule has 2 aliphatic rings. The molecule has 1 aliphatic carbocycles. The average molecular weight is 634 g/mol. The Bertz CT molecular complexity index is 919. The van der Waals surface area contributed by atoms with Gasteiger partial charge in [-0.25, -0.2) is 14.5 Å². The van der Waals surface area contributed by atoms with E-state index in [9.17, 15) is 9.59 Å². The van der Waals surface area contributed by atoms with Crippen molar-refractivity contribution in [2.45, 2.75) is 92.5 Å². The van der Waals surface area contributed by atoms with Crippen molar-refractivity contribution in [3.8, 4) is 0 Å². The topological polar surface area (TPSA) is 83.5 Å². The zero-order chi connectivity index (χ0) is 26.8. The van der Waals surface area contributed by atoms with Gasteiger partial charge in [0.15, 0.2) is 14.1 Å². The fourth-order valence-corrected chi connectivity index (χ4v) is 7.46. The lowest BCUT2D eigenvalue weighted by Gasteiger charge is -2.49. The van der Waals surface area contributed by atoms with Gasteiger partial charge >= 0.3 is 12.2 Å². The van der Waals surface area contributed by atoms with Gasteiger partial charge in [0.1, 0.15) is 18.2 Å². The second kappa shape index (κ2) is 11.3. The minimum absolute atomic E-state index is 0.0670. The Balaban J connectivity index is 1.84. The Morgan fingerprint density at radius 3 is 2.36 bits per heavy atom. The van der Waals surface area contributed by atoms with Crippen molar-refractivity contribution in [2.75, 3.05) is 20.8 Å². The number of carbonyl (C=O) groups is 2. The molecule has 1 heterocycles. The van der Waals surface area contributed by atoms with E-state index in [1.54, 1.807) is 14.2 Å². The van der Waals surface area contributed by atoms with E-state index < -0.39 is 37.9 Å². The average Bonchev–Trinajstić information content (AvgIpc) is 3.11. The number of carbonyl (C=O) groups excluding carboxylic acids is 2. The first kappa shape index (κ1) is 29.3. The lowest BCUT2D eigenvalue weighted by atomic mass is 9.73. The van der Waals surface area contributed by atoms with Crippen LogP contribution in [0, 0.1) is 0 Å². The number of nitrogens with zero attached hydrogens (tertiary/aromatic N) is 1. The highest BCUT2D eigenvalue weighted by molar-refractivity contribution is 14.1. The van der Waals surface area contributed by atoms with Gasteiger partial charge in [0.05, 0.1) is 0 Å². The molecule has 8 nitrogen and oxygen atoms in total. The fraction of sp³-hybridized carbons (Fsp3) is 0.692. The molecule has 202 valence electrons. The number of amides is 2. The SMILES string of the molecule is COC1(OC)CC[C@]2([C@@H](I)C1)[C@@H](CCO[Si](C)(C)C(C)(C)C)OC(=O)N2C(=O)OCc1ccccc1. The van der Waals surface area contributed by atoms with Gasteiger partial charge in [-0.15, -0.1) is 0 Å². The maximum Gasteiger partial charge on any atom is 0.420 e. The first-order valence-corrected chi connectivity index (χ1v) is 16.6. The van der Waals surface area contributed by atoms with Crippen LogP contribution >= 0.6 is 22.6 Å². The summed E-state index contributed by atoms with van der Waals surface area (Å²) < 4.78 is 29.2. The molecule has 1 spiro atoms. The minimum atomic E-state index is -1.98. The van der Waals surface area contributed by atoms with Gasteiger partial charge in [0.25, 0.3) is 0 Å². The molecule has 1 saturated heterocycles. The summed E-state index contributed by atoms with van der Waals surface area (Å²) in [6.45, 7) is 11.5. The van der Waals surface area contributed by atoms with Gasteiger partial charge in [-0.3, -0.25) is 0 Å². The Morgan fingerprint density at radius 1 is 1.17 bits per heavy atom. The molecule has 1 saturated carbocycles. The van der Waals surface area contributed by atoms with E-state index in [4.69, 9.17) is 23.4 Å². The van der Waals surface area contributed by atoms with Crippen molar-refractivity contribution in [1.29, 1.82) is 0 Å². The van der Waals surface area contributed by atoms with Gasteiger partial charge in [0.2, 0.25) is 0 Å². The Kier molecular flexibility index (Phi) is 9.18. The van der Waals surface area contributed by atoms with Crippen LogP contribution in [0.4, 0.5) is 9.59 Å².